The van der Waals surface area contributed by atoms with Gasteiger partial charge in [0.2, 0.25) is 29.5 Å². The quantitative estimate of drug-likeness (QED) is 0.145. The van der Waals surface area contributed by atoms with E-state index in [1.165, 1.54) is 0 Å². The second kappa shape index (κ2) is 12.2. The molecule has 0 aromatic carbocycles. The first-order chi connectivity index (χ1) is 13.0. The van der Waals surface area contributed by atoms with Gasteiger partial charge in [-0.15, -0.1) is 0 Å². The molecule has 0 radical (unpaired) electrons. The second-order valence-electron chi connectivity index (χ2n) is 5.70. The number of aliphatic hydroxyl groups excluding tert-OH is 1. The van der Waals surface area contributed by atoms with Crippen molar-refractivity contribution in [3.05, 3.63) is 0 Å². The molecule has 0 spiro atoms. The Morgan fingerprint density at radius 1 is 0.893 bits per heavy atom. The summed E-state index contributed by atoms with van der Waals surface area (Å²) in [6.45, 7) is -1.25. The van der Waals surface area contributed by atoms with Crippen LogP contribution in [0.25, 0.3) is 0 Å². The van der Waals surface area contributed by atoms with E-state index in [0.29, 0.717) is 0 Å². The molecular weight excluding hydrogens is 380 g/mol. The van der Waals surface area contributed by atoms with Crippen molar-refractivity contribution >= 4 is 35.5 Å². The van der Waals surface area contributed by atoms with Crippen molar-refractivity contribution in [2.75, 3.05) is 13.2 Å². The van der Waals surface area contributed by atoms with Crippen molar-refractivity contribution in [1.29, 1.82) is 0 Å². The zero-order valence-electron chi connectivity index (χ0n) is 14.8. The first kappa shape index (κ1) is 24.7. The molecule has 14 nitrogen and oxygen atoms in total. The molecule has 3 atom stereocenters. The highest BCUT2D eigenvalue weighted by Crippen LogP contribution is 2.00. The molecule has 11 N–H and O–H groups in total. The van der Waals surface area contributed by atoms with Crippen LogP contribution in [0.15, 0.2) is 0 Å². The van der Waals surface area contributed by atoms with Crippen LogP contribution in [-0.4, -0.2) is 77.0 Å². The smallest absolute Gasteiger partial charge is 0.326 e. The van der Waals surface area contributed by atoms with Crippen molar-refractivity contribution in [2.45, 2.75) is 37.4 Å². The van der Waals surface area contributed by atoms with E-state index in [1.54, 1.807) is 0 Å². The molecule has 28 heavy (non-hydrogen) atoms. The standard InChI is InChI=1S/C14H24N6O8/c15-6(5-21)12(25)18-4-11(24)19-7(1-2-9(16)22)13(26)20-8(14(27)28)3-10(17)23/h6-8,21H,1-5,15H2,(H2,16,22)(H2,17,23)(H,18,25)(H,19,24)(H,20,26)(H,27,28). The second-order valence-corrected chi connectivity index (χ2v) is 5.70. The Morgan fingerprint density at radius 2 is 1.50 bits per heavy atom. The molecule has 0 heterocycles. The molecular formula is C14H24N6O8. The van der Waals surface area contributed by atoms with Crippen molar-refractivity contribution in [2.24, 2.45) is 17.2 Å². The van der Waals surface area contributed by atoms with Crippen LogP contribution in [-0.2, 0) is 28.8 Å². The fourth-order valence-electron chi connectivity index (χ4n) is 1.86. The molecule has 0 aliphatic rings. The Kier molecular flexibility index (Phi) is 10.8. The van der Waals surface area contributed by atoms with Crippen LogP contribution in [0.1, 0.15) is 19.3 Å². The van der Waals surface area contributed by atoms with E-state index in [4.69, 9.17) is 27.4 Å². The molecule has 0 rings (SSSR count). The number of hydrogen-bond donors (Lipinski definition) is 8. The Hall–Kier alpha value is -3.26. The van der Waals surface area contributed by atoms with E-state index in [-0.39, 0.29) is 12.8 Å². The van der Waals surface area contributed by atoms with Gasteiger partial charge >= 0.3 is 5.97 Å². The zero-order chi connectivity index (χ0) is 21.9. The maximum absolute atomic E-state index is 12.2. The number of amides is 5. The highest BCUT2D eigenvalue weighted by Gasteiger charge is 2.28. The van der Waals surface area contributed by atoms with Gasteiger partial charge in [0.05, 0.1) is 19.6 Å². The molecule has 0 bridgehead atoms. The molecule has 5 amide bonds. The van der Waals surface area contributed by atoms with Crippen LogP contribution >= 0.6 is 0 Å². The molecule has 0 aromatic heterocycles. The van der Waals surface area contributed by atoms with E-state index >= 15 is 0 Å². The number of carboxylic acid groups (broad SMARTS) is 1. The van der Waals surface area contributed by atoms with E-state index in [2.05, 4.69) is 10.6 Å². The molecule has 158 valence electrons. The largest absolute Gasteiger partial charge is 0.480 e. The molecule has 0 aliphatic carbocycles. The number of aliphatic carboxylic acids is 1. The third-order valence-corrected chi connectivity index (χ3v) is 3.31. The topological polar surface area (TPSA) is 257 Å². The summed E-state index contributed by atoms with van der Waals surface area (Å²) in [5.41, 5.74) is 15.2. The lowest BCUT2D eigenvalue weighted by Crippen LogP contribution is -2.54. The lowest BCUT2D eigenvalue weighted by atomic mass is 10.1. The fraction of sp³-hybridized carbons (Fsp3) is 0.571. The number of nitrogens with one attached hydrogen (secondary N) is 3. The summed E-state index contributed by atoms with van der Waals surface area (Å²) in [6.07, 6.45) is -1.26. The Labute approximate surface area is 159 Å². The van der Waals surface area contributed by atoms with Gasteiger partial charge in [-0.3, -0.25) is 24.0 Å². The number of rotatable bonds is 13. The van der Waals surface area contributed by atoms with Crippen molar-refractivity contribution in [3.8, 4) is 0 Å². The van der Waals surface area contributed by atoms with E-state index in [0.717, 1.165) is 0 Å². The Morgan fingerprint density at radius 3 is 1.96 bits per heavy atom. The number of aliphatic hydroxyl groups is 1. The van der Waals surface area contributed by atoms with Crippen molar-refractivity contribution in [3.63, 3.8) is 0 Å². The van der Waals surface area contributed by atoms with Crippen LogP contribution in [0.5, 0.6) is 0 Å². The van der Waals surface area contributed by atoms with Crippen LogP contribution < -0.4 is 33.2 Å². The van der Waals surface area contributed by atoms with E-state index in [1.807, 2.05) is 5.32 Å². The summed E-state index contributed by atoms with van der Waals surface area (Å²) in [4.78, 5) is 68.5. The van der Waals surface area contributed by atoms with Crippen LogP contribution in [0.2, 0.25) is 0 Å². The van der Waals surface area contributed by atoms with Gasteiger partial charge in [0.25, 0.3) is 0 Å². The SMILES string of the molecule is NC(=O)CCC(NC(=O)CNC(=O)C(N)CO)C(=O)NC(CC(N)=O)C(=O)O. The van der Waals surface area contributed by atoms with Gasteiger partial charge in [0.15, 0.2) is 0 Å². The first-order valence-corrected chi connectivity index (χ1v) is 8.01. The van der Waals surface area contributed by atoms with Gasteiger partial charge < -0.3 is 43.4 Å². The van der Waals surface area contributed by atoms with Crippen LogP contribution in [0.3, 0.4) is 0 Å². The third kappa shape index (κ3) is 10.0. The van der Waals surface area contributed by atoms with Gasteiger partial charge in [-0.1, -0.05) is 0 Å². The van der Waals surface area contributed by atoms with Gasteiger partial charge in [-0.05, 0) is 6.42 Å². The summed E-state index contributed by atoms with van der Waals surface area (Å²) >= 11 is 0. The highest BCUT2D eigenvalue weighted by molar-refractivity contribution is 5.93. The summed E-state index contributed by atoms with van der Waals surface area (Å²) in [5.74, 6) is -5.96. The Bertz CT molecular complexity index is 625. The predicted octanol–water partition coefficient (Wildman–Crippen LogP) is -5.38. The number of carbonyl (C=O) groups excluding carboxylic acids is 5. The number of carboxylic acids is 1. The zero-order valence-corrected chi connectivity index (χ0v) is 14.8. The highest BCUT2D eigenvalue weighted by atomic mass is 16.4. The summed E-state index contributed by atoms with van der Waals surface area (Å²) in [6, 6.07) is -4.26. The molecule has 0 saturated carbocycles. The molecule has 0 aliphatic heterocycles. The molecule has 3 unspecified atom stereocenters. The maximum atomic E-state index is 12.2. The molecule has 0 saturated heterocycles. The summed E-state index contributed by atoms with van der Waals surface area (Å²) < 4.78 is 0. The van der Waals surface area contributed by atoms with Gasteiger partial charge in [-0.2, -0.15) is 0 Å². The number of hydrogen-bond acceptors (Lipinski definition) is 8. The van der Waals surface area contributed by atoms with E-state index in [9.17, 15) is 28.8 Å². The Balaban J connectivity index is 4.99. The lowest BCUT2D eigenvalue weighted by molar-refractivity contribution is -0.143. The number of primary amides is 2. The summed E-state index contributed by atoms with van der Waals surface area (Å²) in [7, 11) is 0. The van der Waals surface area contributed by atoms with Crippen molar-refractivity contribution < 1.29 is 39.0 Å². The van der Waals surface area contributed by atoms with Crippen LogP contribution in [0, 0.1) is 0 Å². The molecule has 0 aromatic rings. The predicted molar refractivity (Wildman–Crippen MR) is 91.8 cm³/mol. The number of nitrogens with two attached hydrogens (primary N) is 3. The van der Waals surface area contributed by atoms with Crippen molar-refractivity contribution in [1.82, 2.24) is 16.0 Å². The fourth-order valence-corrected chi connectivity index (χ4v) is 1.86. The monoisotopic (exact) mass is 404 g/mol. The first-order valence-electron chi connectivity index (χ1n) is 8.01. The van der Waals surface area contributed by atoms with Gasteiger partial charge in [0, 0.05) is 6.42 Å². The summed E-state index contributed by atoms with van der Waals surface area (Å²) in [5, 5.41) is 24.1. The average molecular weight is 404 g/mol. The normalized spacial score (nSPS) is 13.5. The van der Waals surface area contributed by atoms with E-state index < -0.39 is 73.2 Å². The minimum absolute atomic E-state index is 0.264. The lowest BCUT2D eigenvalue weighted by Gasteiger charge is -2.21. The van der Waals surface area contributed by atoms with Crippen LogP contribution in [0.4, 0.5) is 0 Å². The molecule has 0 fully saturated rings. The minimum atomic E-state index is -1.64. The molecule has 14 heteroatoms. The average Bonchev–Trinajstić information content (AvgIpc) is 2.60. The number of carbonyl (C=O) groups is 6. The third-order valence-electron chi connectivity index (χ3n) is 3.31. The van der Waals surface area contributed by atoms with Gasteiger partial charge in [-0.25, -0.2) is 4.79 Å². The minimum Gasteiger partial charge on any atom is -0.480 e. The van der Waals surface area contributed by atoms with Gasteiger partial charge in [0.1, 0.15) is 18.1 Å². The maximum Gasteiger partial charge on any atom is 0.326 e.